The third kappa shape index (κ3) is 3.03. The molecule has 0 unspecified atom stereocenters. The van der Waals surface area contributed by atoms with Gasteiger partial charge in [0, 0.05) is 37.6 Å². The fraction of sp³-hybridized carbons (Fsp3) is 0.353. The normalized spacial score (nSPS) is 21.6. The van der Waals surface area contributed by atoms with Crippen molar-refractivity contribution in [3.63, 3.8) is 0 Å². The van der Waals surface area contributed by atoms with Crippen LogP contribution in [0, 0.1) is 0 Å². The largest absolute Gasteiger partial charge is 0.442 e. The van der Waals surface area contributed by atoms with Crippen LogP contribution in [0.2, 0.25) is 0 Å². The highest BCUT2D eigenvalue weighted by atomic mass is 16.6. The Morgan fingerprint density at radius 3 is 2.88 bits per heavy atom. The second-order valence-corrected chi connectivity index (χ2v) is 6.26. The molecule has 2 aliphatic heterocycles. The Labute approximate surface area is 148 Å². The summed E-state index contributed by atoms with van der Waals surface area (Å²) in [5.74, 6) is -0.295. The van der Waals surface area contributed by atoms with Gasteiger partial charge in [-0.2, -0.15) is 0 Å². The number of fused-ring (bicyclic) bond motifs is 1. The molecule has 2 fully saturated rings. The lowest BCUT2D eigenvalue weighted by molar-refractivity contribution is 0.0722. The van der Waals surface area contributed by atoms with Crippen molar-refractivity contribution in [3.8, 4) is 0 Å². The van der Waals surface area contributed by atoms with Crippen molar-refractivity contribution in [1.29, 1.82) is 0 Å². The number of pyridine rings is 1. The van der Waals surface area contributed by atoms with E-state index in [0.29, 0.717) is 26.1 Å². The lowest BCUT2D eigenvalue weighted by Crippen LogP contribution is -2.40. The van der Waals surface area contributed by atoms with Crippen molar-refractivity contribution < 1.29 is 14.3 Å². The van der Waals surface area contributed by atoms with Crippen LogP contribution in [-0.4, -0.2) is 68.5 Å². The molecule has 9 nitrogen and oxygen atoms in total. The van der Waals surface area contributed by atoms with Gasteiger partial charge < -0.3 is 14.6 Å². The summed E-state index contributed by atoms with van der Waals surface area (Å²) in [6.07, 6.45) is 4.00. The number of aromatic nitrogens is 3. The first kappa shape index (κ1) is 16.2. The predicted molar refractivity (Wildman–Crippen MR) is 89.5 cm³/mol. The van der Waals surface area contributed by atoms with E-state index in [1.165, 1.54) is 6.20 Å². The van der Waals surface area contributed by atoms with Gasteiger partial charge in [-0.1, -0.05) is 6.07 Å². The van der Waals surface area contributed by atoms with Crippen molar-refractivity contribution in [2.45, 2.75) is 18.6 Å². The lowest BCUT2D eigenvalue weighted by Gasteiger charge is -2.22. The Bertz CT molecular complexity index is 864. The Kier molecular flexibility index (Phi) is 4.11. The highest BCUT2D eigenvalue weighted by Crippen LogP contribution is 2.27. The molecule has 134 valence electrons. The zero-order valence-corrected chi connectivity index (χ0v) is 13.9. The van der Waals surface area contributed by atoms with Gasteiger partial charge in [0.15, 0.2) is 0 Å². The number of ether oxygens (including phenoxy) is 1. The number of carbonyl (C=O) groups excluding carboxylic acids is 2. The standard InChI is InChI=1S/C17H17N5O4/c23-15-8-19-12(7-20-15)16(24)21-9-13-14(10-21)26-17(25)22(13)6-4-11-3-1-2-5-18-11/h1-3,5,7-8,13-14H,4,6,9-10H2,(H,20,23)/t13-,14+/m0/s1. The highest BCUT2D eigenvalue weighted by Gasteiger charge is 2.48. The van der Waals surface area contributed by atoms with Crippen molar-refractivity contribution in [2.75, 3.05) is 19.6 Å². The molecule has 1 N–H and O–H groups in total. The number of hydrogen-bond donors (Lipinski definition) is 1. The quantitative estimate of drug-likeness (QED) is 0.830. The van der Waals surface area contributed by atoms with Crippen molar-refractivity contribution in [2.24, 2.45) is 0 Å². The monoisotopic (exact) mass is 355 g/mol. The fourth-order valence-corrected chi connectivity index (χ4v) is 3.33. The Morgan fingerprint density at radius 2 is 2.15 bits per heavy atom. The summed E-state index contributed by atoms with van der Waals surface area (Å²) in [4.78, 5) is 49.5. The molecule has 2 aromatic heterocycles. The molecule has 0 radical (unpaired) electrons. The fourth-order valence-electron chi connectivity index (χ4n) is 3.33. The molecule has 2 aromatic rings. The molecule has 2 amide bonds. The van der Waals surface area contributed by atoms with Crippen molar-refractivity contribution >= 4 is 12.0 Å². The van der Waals surface area contributed by atoms with Crippen LogP contribution in [-0.2, 0) is 11.2 Å². The molecule has 9 heteroatoms. The maximum absolute atomic E-state index is 12.5. The van der Waals surface area contributed by atoms with Crippen molar-refractivity contribution in [1.82, 2.24) is 24.8 Å². The first-order chi connectivity index (χ1) is 12.6. The van der Waals surface area contributed by atoms with Crippen LogP contribution >= 0.6 is 0 Å². The van der Waals surface area contributed by atoms with E-state index in [2.05, 4.69) is 15.0 Å². The van der Waals surface area contributed by atoms with E-state index in [1.807, 2.05) is 18.2 Å². The number of likely N-dealkylation sites (tertiary alicyclic amines) is 1. The summed E-state index contributed by atoms with van der Waals surface area (Å²) in [5, 5.41) is 0. The molecule has 0 bridgehead atoms. The van der Waals surface area contributed by atoms with Gasteiger partial charge in [0.1, 0.15) is 11.8 Å². The summed E-state index contributed by atoms with van der Waals surface area (Å²) in [5.41, 5.74) is 0.692. The van der Waals surface area contributed by atoms with Gasteiger partial charge in [0.2, 0.25) is 0 Å². The van der Waals surface area contributed by atoms with E-state index in [4.69, 9.17) is 4.74 Å². The Hall–Kier alpha value is -3.23. The molecule has 0 aromatic carbocycles. The van der Waals surface area contributed by atoms with E-state index >= 15 is 0 Å². The van der Waals surface area contributed by atoms with Crippen LogP contribution in [0.1, 0.15) is 16.2 Å². The van der Waals surface area contributed by atoms with Crippen LogP contribution in [0.25, 0.3) is 0 Å². The van der Waals surface area contributed by atoms with Gasteiger partial charge in [-0.25, -0.2) is 9.78 Å². The summed E-state index contributed by atoms with van der Waals surface area (Å²) < 4.78 is 5.42. The molecule has 2 saturated heterocycles. The van der Waals surface area contributed by atoms with Gasteiger partial charge in [-0.3, -0.25) is 19.5 Å². The van der Waals surface area contributed by atoms with E-state index in [-0.39, 0.29) is 35.4 Å². The van der Waals surface area contributed by atoms with Gasteiger partial charge >= 0.3 is 6.09 Å². The van der Waals surface area contributed by atoms with E-state index in [9.17, 15) is 14.4 Å². The maximum atomic E-state index is 12.5. The SMILES string of the molecule is O=C(c1c[nH]c(=O)cn1)N1C[C@H]2OC(=O)N(CCc3ccccn3)[C@H]2C1. The topological polar surface area (TPSA) is 108 Å². The molecule has 0 saturated carbocycles. The summed E-state index contributed by atoms with van der Waals surface area (Å²) in [6, 6.07) is 5.47. The summed E-state index contributed by atoms with van der Waals surface area (Å²) >= 11 is 0. The number of amides is 2. The minimum atomic E-state index is -0.366. The lowest BCUT2D eigenvalue weighted by atomic mass is 10.2. The molecule has 26 heavy (non-hydrogen) atoms. The van der Waals surface area contributed by atoms with Crippen LogP contribution in [0.4, 0.5) is 4.79 Å². The van der Waals surface area contributed by atoms with Gasteiger partial charge in [0.25, 0.3) is 11.5 Å². The first-order valence-corrected chi connectivity index (χ1v) is 8.33. The van der Waals surface area contributed by atoms with Gasteiger partial charge in [0.05, 0.1) is 18.8 Å². The van der Waals surface area contributed by atoms with Crippen LogP contribution < -0.4 is 5.56 Å². The average Bonchev–Trinajstić information content (AvgIpc) is 3.18. The number of H-pyrrole nitrogens is 1. The van der Waals surface area contributed by atoms with E-state index in [1.54, 1.807) is 16.0 Å². The molecule has 4 heterocycles. The second-order valence-electron chi connectivity index (χ2n) is 6.26. The maximum Gasteiger partial charge on any atom is 0.410 e. The minimum absolute atomic E-state index is 0.163. The molecule has 2 aliphatic rings. The van der Waals surface area contributed by atoms with Crippen LogP contribution in [0.3, 0.4) is 0 Å². The third-order valence-corrected chi connectivity index (χ3v) is 4.64. The number of nitrogens with one attached hydrogen (secondary N) is 1. The first-order valence-electron chi connectivity index (χ1n) is 8.33. The van der Waals surface area contributed by atoms with Gasteiger partial charge in [-0.05, 0) is 12.1 Å². The number of rotatable bonds is 4. The number of aromatic amines is 1. The minimum Gasteiger partial charge on any atom is -0.442 e. The zero-order chi connectivity index (χ0) is 18.1. The average molecular weight is 355 g/mol. The number of hydrogen-bond acceptors (Lipinski definition) is 6. The Balaban J connectivity index is 1.43. The molecule has 0 aliphatic carbocycles. The summed E-state index contributed by atoms with van der Waals surface area (Å²) in [6.45, 7) is 1.17. The van der Waals surface area contributed by atoms with E-state index in [0.717, 1.165) is 11.9 Å². The van der Waals surface area contributed by atoms with E-state index < -0.39 is 0 Å². The molecule has 0 spiro atoms. The number of carbonyl (C=O) groups is 2. The molecule has 4 rings (SSSR count). The van der Waals surface area contributed by atoms with Gasteiger partial charge in [-0.15, -0.1) is 0 Å². The zero-order valence-electron chi connectivity index (χ0n) is 13.9. The number of nitrogens with zero attached hydrogens (tertiary/aromatic N) is 4. The van der Waals surface area contributed by atoms with Crippen LogP contribution in [0.5, 0.6) is 0 Å². The molecule has 2 atom stereocenters. The predicted octanol–water partition coefficient (Wildman–Crippen LogP) is 0.0528. The van der Waals surface area contributed by atoms with Crippen molar-refractivity contribution in [3.05, 3.63) is 58.5 Å². The molecular formula is C17H17N5O4. The summed E-state index contributed by atoms with van der Waals surface area (Å²) in [7, 11) is 0. The molecular weight excluding hydrogens is 338 g/mol. The highest BCUT2D eigenvalue weighted by molar-refractivity contribution is 5.92. The Morgan fingerprint density at radius 1 is 1.27 bits per heavy atom. The smallest absolute Gasteiger partial charge is 0.410 e. The van der Waals surface area contributed by atoms with Crippen LogP contribution in [0.15, 0.2) is 41.6 Å². The third-order valence-electron chi connectivity index (χ3n) is 4.64. The second kappa shape index (κ2) is 6.58.